The number of nitrogens with zero attached hydrogens (tertiary/aromatic N) is 2. The molecular weight excluding hydrogens is 375 g/mol. The highest BCUT2D eigenvalue weighted by Crippen LogP contribution is 2.36. The number of hydrogen-bond acceptors (Lipinski definition) is 3. The van der Waals surface area contributed by atoms with Crippen LogP contribution in [0.25, 0.3) is 0 Å². The minimum absolute atomic E-state index is 0.0937. The number of thioether (sulfide) groups is 1. The number of halogens is 3. The second-order valence-electron chi connectivity index (χ2n) is 5.80. The molecule has 0 saturated carbocycles. The third-order valence-electron chi connectivity index (χ3n) is 3.80. The van der Waals surface area contributed by atoms with Crippen molar-refractivity contribution in [3.63, 3.8) is 0 Å². The van der Waals surface area contributed by atoms with Crippen LogP contribution < -0.4 is 5.32 Å². The van der Waals surface area contributed by atoms with Gasteiger partial charge in [0.05, 0.1) is 5.56 Å². The van der Waals surface area contributed by atoms with Crippen molar-refractivity contribution in [2.75, 3.05) is 5.32 Å². The van der Waals surface area contributed by atoms with E-state index in [2.05, 4.69) is 10.3 Å². The van der Waals surface area contributed by atoms with Gasteiger partial charge in [-0.3, -0.25) is 4.79 Å². The summed E-state index contributed by atoms with van der Waals surface area (Å²) in [4.78, 5) is 17.1. The lowest BCUT2D eigenvalue weighted by atomic mass is 10.1. The van der Waals surface area contributed by atoms with Crippen LogP contribution in [0.2, 0.25) is 0 Å². The van der Waals surface area contributed by atoms with Gasteiger partial charge in [-0.2, -0.15) is 13.2 Å². The molecule has 3 rings (SSSR count). The van der Waals surface area contributed by atoms with E-state index in [-0.39, 0.29) is 5.69 Å². The van der Waals surface area contributed by atoms with Crippen LogP contribution in [0.4, 0.5) is 18.9 Å². The first kappa shape index (κ1) is 19.0. The fraction of sp³-hybridized carbons (Fsp3) is 0.158. The lowest BCUT2D eigenvalue weighted by Gasteiger charge is -2.17. The van der Waals surface area contributed by atoms with Crippen molar-refractivity contribution in [2.45, 2.75) is 16.6 Å². The van der Waals surface area contributed by atoms with E-state index in [0.717, 1.165) is 17.7 Å². The van der Waals surface area contributed by atoms with Crippen LogP contribution in [-0.4, -0.2) is 15.5 Å². The topological polar surface area (TPSA) is 46.9 Å². The maximum Gasteiger partial charge on any atom is 0.416 e. The molecule has 0 aliphatic carbocycles. The molecule has 2 aromatic carbocycles. The van der Waals surface area contributed by atoms with Crippen LogP contribution in [-0.2, 0) is 18.0 Å². The Bertz CT molecular complexity index is 925. The highest BCUT2D eigenvalue weighted by atomic mass is 32.2. The second kappa shape index (κ2) is 7.87. The summed E-state index contributed by atoms with van der Waals surface area (Å²) in [5.74, 6) is -0.423. The molecule has 0 aliphatic rings. The summed E-state index contributed by atoms with van der Waals surface area (Å²) in [7, 11) is 1.81. The van der Waals surface area contributed by atoms with Crippen LogP contribution in [0.5, 0.6) is 0 Å². The number of alkyl halides is 3. The normalized spacial score (nSPS) is 12.6. The summed E-state index contributed by atoms with van der Waals surface area (Å²) in [6, 6.07) is 13.6. The Kier molecular flexibility index (Phi) is 5.55. The van der Waals surface area contributed by atoms with Gasteiger partial charge in [-0.1, -0.05) is 48.2 Å². The molecule has 3 aromatic rings. The molecule has 1 heterocycles. The third-order valence-corrected chi connectivity index (χ3v) is 5.12. The van der Waals surface area contributed by atoms with Gasteiger partial charge in [-0.25, -0.2) is 4.98 Å². The Morgan fingerprint density at radius 2 is 1.89 bits per heavy atom. The summed E-state index contributed by atoms with van der Waals surface area (Å²) in [5.41, 5.74) is 0.0134. The maximum atomic E-state index is 12.9. The molecule has 0 fully saturated rings. The van der Waals surface area contributed by atoms with Gasteiger partial charge in [0, 0.05) is 25.1 Å². The van der Waals surface area contributed by atoms with E-state index < -0.39 is 22.9 Å². The first-order chi connectivity index (χ1) is 12.8. The number of anilines is 1. The number of amides is 1. The van der Waals surface area contributed by atoms with E-state index in [0.29, 0.717) is 5.16 Å². The van der Waals surface area contributed by atoms with E-state index in [1.54, 1.807) is 41.2 Å². The van der Waals surface area contributed by atoms with Crippen molar-refractivity contribution in [1.82, 2.24) is 9.55 Å². The lowest BCUT2D eigenvalue weighted by molar-refractivity contribution is -0.137. The Balaban J connectivity index is 1.86. The van der Waals surface area contributed by atoms with Gasteiger partial charge in [-0.05, 0) is 23.8 Å². The van der Waals surface area contributed by atoms with Gasteiger partial charge >= 0.3 is 6.18 Å². The molecule has 0 bridgehead atoms. The molecule has 0 unspecified atom stereocenters. The average molecular weight is 391 g/mol. The number of aryl methyl sites for hydroxylation is 1. The average Bonchev–Trinajstić information content (AvgIpc) is 3.04. The number of nitrogens with one attached hydrogen (secondary N) is 1. The number of hydrogen-bond donors (Lipinski definition) is 1. The molecule has 8 heteroatoms. The van der Waals surface area contributed by atoms with Crippen LogP contribution >= 0.6 is 11.8 Å². The van der Waals surface area contributed by atoms with Crippen molar-refractivity contribution in [1.29, 1.82) is 0 Å². The van der Waals surface area contributed by atoms with E-state index in [1.807, 2.05) is 13.1 Å². The monoisotopic (exact) mass is 391 g/mol. The highest BCUT2D eigenvalue weighted by molar-refractivity contribution is 8.00. The summed E-state index contributed by atoms with van der Waals surface area (Å²) >= 11 is 1.23. The minimum atomic E-state index is -4.47. The smallest absolute Gasteiger partial charge is 0.329 e. The summed E-state index contributed by atoms with van der Waals surface area (Å²) < 4.78 is 40.5. The SMILES string of the molecule is Cn1ccnc1S[C@@H](C(=O)Nc1cccc(C(F)(F)F)c1)c1ccccc1. The molecule has 1 amide bonds. The highest BCUT2D eigenvalue weighted by Gasteiger charge is 2.31. The zero-order valence-electron chi connectivity index (χ0n) is 14.3. The minimum Gasteiger partial charge on any atom is -0.329 e. The Morgan fingerprint density at radius 3 is 2.52 bits per heavy atom. The Hall–Kier alpha value is -2.74. The molecule has 0 spiro atoms. The van der Waals surface area contributed by atoms with Crippen LogP contribution in [0, 0.1) is 0 Å². The summed E-state index contributed by atoms with van der Waals surface area (Å²) in [5, 5.41) is 2.55. The van der Waals surface area contributed by atoms with Gasteiger partial charge in [-0.15, -0.1) is 0 Å². The summed E-state index contributed by atoms with van der Waals surface area (Å²) in [6.45, 7) is 0. The van der Waals surface area contributed by atoms with E-state index in [9.17, 15) is 18.0 Å². The third kappa shape index (κ3) is 4.71. The predicted octanol–water partition coefficient (Wildman–Crippen LogP) is 4.91. The van der Waals surface area contributed by atoms with E-state index in [4.69, 9.17) is 0 Å². The largest absolute Gasteiger partial charge is 0.416 e. The Morgan fingerprint density at radius 1 is 1.15 bits per heavy atom. The van der Waals surface area contributed by atoms with Gasteiger partial charge in [0.15, 0.2) is 5.16 Å². The zero-order valence-corrected chi connectivity index (χ0v) is 15.1. The van der Waals surface area contributed by atoms with Gasteiger partial charge < -0.3 is 9.88 Å². The molecule has 27 heavy (non-hydrogen) atoms. The van der Waals surface area contributed by atoms with Crippen molar-refractivity contribution in [3.8, 4) is 0 Å². The van der Waals surface area contributed by atoms with Crippen molar-refractivity contribution < 1.29 is 18.0 Å². The number of carbonyl (C=O) groups excluding carboxylic acids is 1. The van der Waals surface area contributed by atoms with Crippen molar-refractivity contribution in [2.24, 2.45) is 7.05 Å². The Labute approximate surface area is 158 Å². The molecule has 140 valence electrons. The second-order valence-corrected chi connectivity index (χ2v) is 6.87. The fourth-order valence-electron chi connectivity index (χ4n) is 2.45. The molecular formula is C19H16F3N3OS. The molecule has 1 atom stereocenters. The van der Waals surface area contributed by atoms with Crippen molar-refractivity contribution >= 4 is 23.4 Å². The molecule has 1 N–H and O–H groups in total. The van der Waals surface area contributed by atoms with Gasteiger partial charge in [0.2, 0.25) is 5.91 Å². The number of benzene rings is 2. The van der Waals surface area contributed by atoms with Crippen LogP contribution in [0.1, 0.15) is 16.4 Å². The van der Waals surface area contributed by atoms with Crippen molar-refractivity contribution in [3.05, 3.63) is 78.1 Å². The number of carbonyl (C=O) groups is 1. The van der Waals surface area contributed by atoms with E-state index >= 15 is 0 Å². The standard InChI is InChI=1S/C19H16F3N3OS/c1-25-11-10-23-18(25)27-16(13-6-3-2-4-7-13)17(26)24-15-9-5-8-14(12-15)19(20,21)22/h2-12,16H,1H3,(H,24,26)/t16-/m1/s1. The number of rotatable bonds is 5. The fourth-order valence-corrected chi connectivity index (χ4v) is 3.47. The number of imidazole rings is 1. The maximum absolute atomic E-state index is 12.9. The van der Waals surface area contributed by atoms with Crippen LogP contribution in [0.3, 0.4) is 0 Å². The number of aromatic nitrogens is 2. The van der Waals surface area contributed by atoms with Gasteiger partial charge in [0.25, 0.3) is 0 Å². The molecule has 0 saturated heterocycles. The first-order valence-electron chi connectivity index (χ1n) is 8.01. The zero-order chi connectivity index (χ0) is 19.4. The molecule has 0 radical (unpaired) electrons. The molecule has 4 nitrogen and oxygen atoms in total. The molecule has 1 aromatic heterocycles. The van der Waals surface area contributed by atoms with E-state index in [1.165, 1.54) is 23.9 Å². The predicted molar refractivity (Wildman–Crippen MR) is 98.3 cm³/mol. The first-order valence-corrected chi connectivity index (χ1v) is 8.89. The lowest BCUT2D eigenvalue weighted by Crippen LogP contribution is -2.20. The van der Waals surface area contributed by atoms with Crippen LogP contribution in [0.15, 0.2) is 72.1 Å². The molecule has 0 aliphatic heterocycles. The van der Waals surface area contributed by atoms with Gasteiger partial charge in [0.1, 0.15) is 5.25 Å². The quantitative estimate of drug-likeness (QED) is 0.629. The summed E-state index contributed by atoms with van der Waals surface area (Å²) in [6.07, 6.45) is -1.09.